The highest BCUT2D eigenvalue weighted by atomic mass is 35.5. The van der Waals surface area contributed by atoms with Gasteiger partial charge in [-0.15, -0.1) is 0 Å². The molecule has 0 aliphatic carbocycles. The third-order valence-electron chi connectivity index (χ3n) is 2.85. The first-order chi connectivity index (χ1) is 10.5. The van der Waals surface area contributed by atoms with Gasteiger partial charge in [-0.05, 0) is 30.7 Å². The number of aromatic nitrogens is 1. The number of benzene rings is 1. The molecule has 1 aromatic carbocycles. The number of nitrogens with two attached hydrogens (primary N) is 1. The van der Waals surface area contributed by atoms with Gasteiger partial charge in [0.25, 0.3) is 5.91 Å². The standard InChI is InChI=1S/C15H15Cl2N3O2/c1-9(22-15-13(17)6-11(16)8-20-15)14(21)19-7-10-3-2-4-12(18)5-10/h2-6,8-9H,7,18H2,1H3,(H,19,21)/t9-/m1/s1. The number of hydrogen-bond donors (Lipinski definition) is 2. The lowest BCUT2D eigenvalue weighted by molar-refractivity contribution is -0.127. The van der Waals surface area contributed by atoms with E-state index >= 15 is 0 Å². The Morgan fingerprint density at radius 3 is 2.86 bits per heavy atom. The maximum Gasteiger partial charge on any atom is 0.261 e. The lowest BCUT2D eigenvalue weighted by Crippen LogP contribution is -2.36. The molecule has 0 radical (unpaired) electrons. The van der Waals surface area contributed by atoms with E-state index in [4.69, 9.17) is 33.7 Å². The molecule has 0 aliphatic rings. The summed E-state index contributed by atoms with van der Waals surface area (Å²) in [5.74, 6) is -0.118. The second-order valence-electron chi connectivity index (χ2n) is 4.66. The number of amides is 1. The third kappa shape index (κ3) is 4.51. The highest BCUT2D eigenvalue weighted by Gasteiger charge is 2.16. The Morgan fingerprint density at radius 2 is 2.18 bits per heavy atom. The SMILES string of the molecule is C[C@@H](Oc1ncc(Cl)cc1Cl)C(=O)NCc1cccc(N)c1. The molecule has 0 bridgehead atoms. The minimum atomic E-state index is -0.743. The van der Waals surface area contributed by atoms with Gasteiger partial charge >= 0.3 is 0 Å². The van der Waals surface area contributed by atoms with Gasteiger partial charge in [0.2, 0.25) is 5.88 Å². The Labute approximate surface area is 138 Å². The van der Waals surface area contributed by atoms with Gasteiger partial charge in [-0.1, -0.05) is 35.3 Å². The summed E-state index contributed by atoms with van der Waals surface area (Å²) >= 11 is 11.7. The van der Waals surface area contributed by atoms with Gasteiger partial charge < -0.3 is 15.8 Å². The molecule has 0 saturated heterocycles. The first-order valence-corrected chi connectivity index (χ1v) is 7.31. The van der Waals surface area contributed by atoms with Crippen LogP contribution in [0.1, 0.15) is 12.5 Å². The zero-order valence-electron chi connectivity index (χ0n) is 11.8. The number of ether oxygens (including phenoxy) is 1. The minimum absolute atomic E-state index is 0.165. The molecule has 0 aliphatic heterocycles. The first kappa shape index (κ1) is 16.4. The number of anilines is 1. The molecule has 0 fully saturated rings. The van der Waals surface area contributed by atoms with E-state index < -0.39 is 6.10 Å². The molecule has 2 rings (SSSR count). The van der Waals surface area contributed by atoms with Crippen LogP contribution in [-0.2, 0) is 11.3 Å². The van der Waals surface area contributed by atoms with Crippen molar-refractivity contribution < 1.29 is 9.53 Å². The molecule has 3 N–H and O–H groups in total. The van der Waals surface area contributed by atoms with Crippen LogP contribution in [-0.4, -0.2) is 17.0 Å². The largest absolute Gasteiger partial charge is 0.463 e. The Hall–Kier alpha value is -1.98. The van der Waals surface area contributed by atoms with E-state index in [1.807, 2.05) is 12.1 Å². The fourth-order valence-corrected chi connectivity index (χ4v) is 2.17. The molecule has 1 aromatic heterocycles. The molecule has 116 valence electrons. The summed E-state index contributed by atoms with van der Waals surface area (Å²) in [6, 6.07) is 8.78. The highest BCUT2D eigenvalue weighted by molar-refractivity contribution is 6.35. The van der Waals surface area contributed by atoms with Gasteiger partial charge in [0.05, 0.1) is 5.02 Å². The van der Waals surface area contributed by atoms with Crippen molar-refractivity contribution in [3.8, 4) is 5.88 Å². The van der Waals surface area contributed by atoms with Crippen molar-refractivity contribution in [1.82, 2.24) is 10.3 Å². The van der Waals surface area contributed by atoms with Crippen LogP contribution in [0.2, 0.25) is 10.0 Å². The number of carbonyl (C=O) groups is 1. The number of hydrogen-bond acceptors (Lipinski definition) is 4. The summed E-state index contributed by atoms with van der Waals surface area (Å²) in [6.45, 7) is 1.97. The molecular weight excluding hydrogens is 325 g/mol. The predicted octanol–water partition coefficient (Wildman–Crippen LogP) is 3.05. The summed E-state index contributed by atoms with van der Waals surface area (Å²) in [5, 5.41) is 3.41. The summed E-state index contributed by atoms with van der Waals surface area (Å²) < 4.78 is 5.44. The summed E-state index contributed by atoms with van der Waals surface area (Å²) in [4.78, 5) is 16.0. The zero-order valence-corrected chi connectivity index (χ0v) is 13.4. The van der Waals surface area contributed by atoms with E-state index in [0.717, 1.165) is 5.56 Å². The van der Waals surface area contributed by atoms with Crippen LogP contribution in [0, 0.1) is 0 Å². The Morgan fingerprint density at radius 1 is 1.41 bits per heavy atom. The molecule has 0 saturated carbocycles. The lowest BCUT2D eigenvalue weighted by Gasteiger charge is -2.15. The van der Waals surface area contributed by atoms with Crippen LogP contribution in [0.25, 0.3) is 0 Å². The van der Waals surface area contributed by atoms with Crippen molar-refractivity contribution in [1.29, 1.82) is 0 Å². The van der Waals surface area contributed by atoms with Crippen molar-refractivity contribution >= 4 is 34.8 Å². The van der Waals surface area contributed by atoms with E-state index in [0.29, 0.717) is 17.3 Å². The second kappa shape index (κ2) is 7.33. The molecular formula is C15H15Cl2N3O2. The number of rotatable bonds is 5. The van der Waals surface area contributed by atoms with Crippen molar-refractivity contribution in [2.75, 3.05) is 5.73 Å². The van der Waals surface area contributed by atoms with E-state index in [-0.39, 0.29) is 16.8 Å². The minimum Gasteiger partial charge on any atom is -0.463 e. The fraction of sp³-hybridized carbons (Fsp3) is 0.200. The van der Waals surface area contributed by atoms with Crippen molar-refractivity contribution in [3.05, 3.63) is 52.1 Å². The summed E-state index contributed by atoms with van der Waals surface area (Å²) in [5.41, 5.74) is 7.24. The van der Waals surface area contributed by atoms with E-state index in [1.54, 1.807) is 19.1 Å². The van der Waals surface area contributed by atoms with Crippen molar-refractivity contribution in [3.63, 3.8) is 0 Å². The van der Waals surface area contributed by atoms with Crippen LogP contribution in [0.4, 0.5) is 5.69 Å². The number of nitrogens with one attached hydrogen (secondary N) is 1. The van der Waals surface area contributed by atoms with Crippen LogP contribution in [0.15, 0.2) is 36.5 Å². The first-order valence-electron chi connectivity index (χ1n) is 6.55. The highest BCUT2D eigenvalue weighted by Crippen LogP contribution is 2.25. The van der Waals surface area contributed by atoms with Crippen LogP contribution < -0.4 is 15.8 Å². The smallest absolute Gasteiger partial charge is 0.261 e. The van der Waals surface area contributed by atoms with E-state index in [1.165, 1.54) is 12.3 Å². The molecule has 1 amide bonds. The summed E-state index contributed by atoms with van der Waals surface area (Å²) in [6.07, 6.45) is 0.660. The maximum absolute atomic E-state index is 12.0. The quantitative estimate of drug-likeness (QED) is 0.820. The van der Waals surface area contributed by atoms with Crippen molar-refractivity contribution in [2.45, 2.75) is 19.6 Å². The topological polar surface area (TPSA) is 77.2 Å². The van der Waals surface area contributed by atoms with E-state index in [9.17, 15) is 4.79 Å². The van der Waals surface area contributed by atoms with Gasteiger partial charge in [-0.3, -0.25) is 4.79 Å². The van der Waals surface area contributed by atoms with Gasteiger partial charge in [0, 0.05) is 18.4 Å². The fourth-order valence-electron chi connectivity index (χ4n) is 1.75. The molecule has 0 spiro atoms. The Balaban J connectivity index is 1.92. The van der Waals surface area contributed by atoms with Crippen LogP contribution >= 0.6 is 23.2 Å². The Bertz CT molecular complexity index is 680. The molecule has 0 unspecified atom stereocenters. The van der Waals surface area contributed by atoms with Gasteiger partial charge in [0.1, 0.15) is 5.02 Å². The average molecular weight is 340 g/mol. The van der Waals surface area contributed by atoms with Crippen LogP contribution in [0.5, 0.6) is 5.88 Å². The van der Waals surface area contributed by atoms with E-state index in [2.05, 4.69) is 10.3 Å². The molecule has 1 heterocycles. The zero-order chi connectivity index (χ0) is 16.1. The lowest BCUT2D eigenvalue weighted by atomic mass is 10.2. The van der Waals surface area contributed by atoms with Crippen LogP contribution in [0.3, 0.4) is 0 Å². The number of nitrogens with zero attached hydrogens (tertiary/aromatic N) is 1. The van der Waals surface area contributed by atoms with Crippen molar-refractivity contribution in [2.24, 2.45) is 0 Å². The molecule has 5 nitrogen and oxygen atoms in total. The number of nitrogen functional groups attached to an aromatic ring is 1. The normalized spacial score (nSPS) is 11.8. The monoisotopic (exact) mass is 339 g/mol. The molecule has 22 heavy (non-hydrogen) atoms. The maximum atomic E-state index is 12.0. The molecule has 1 atom stereocenters. The van der Waals surface area contributed by atoms with Gasteiger partial charge in [0.15, 0.2) is 6.10 Å². The predicted molar refractivity (Wildman–Crippen MR) is 87.0 cm³/mol. The number of pyridine rings is 1. The molecule has 7 heteroatoms. The number of halogens is 2. The third-order valence-corrected chi connectivity index (χ3v) is 3.33. The molecule has 2 aromatic rings. The number of carbonyl (C=O) groups excluding carboxylic acids is 1. The average Bonchev–Trinajstić information content (AvgIpc) is 2.47. The second-order valence-corrected chi connectivity index (χ2v) is 5.51. The summed E-state index contributed by atoms with van der Waals surface area (Å²) in [7, 11) is 0. The van der Waals surface area contributed by atoms with Gasteiger partial charge in [-0.2, -0.15) is 0 Å². The van der Waals surface area contributed by atoms with Gasteiger partial charge in [-0.25, -0.2) is 4.98 Å². The Kier molecular flexibility index (Phi) is 5.46.